The molecule has 0 bridgehead atoms. The van der Waals surface area contributed by atoms with Crippen LogP contribution in [0.15, 0.2) is 36.5 Å². The minimum atomic E-state index is -1.13. The summed E-state index contributed by atoms with van der Waals surface area (Å²) in [6.45, 7) is 12.7. The van der Waals surface area contributed by atoms with Gasteiger partial charge in [-0.15, -0.1) is 0 Å². The molecule has 0 aromatic heterocycles. The minimum Gasteiger partial charge on any atom is -0.479 e. The van der Waals surface area contributed by atoms with Gasteiger partial charge in [-0.1, -0.05) is 50.3 Å². The molecule has 1 unspecified atom stereocenters. The maximum Gasteiger partial charge on any atom is 0.412 e. The minimum absolute atomic E-state index is 0.296. The van der Waals surface area contributed by atoms with Crippen LogP contribution in [-0.2, 0) is 14.3 Å². The molecule has 146 valence electrons. The molecule has 1 N–H and O–H groups in total. The summed E-state index contributed by atoms with van der Waals surface area (Å²) in [6.07, 6.45) is 9.39. The normalized spacial score (nSPS) is 24.7. The first-order chi connectivity index (χ1) is 12.0. The zero-order valence-corrected chi connectivity index (χ0v) is 16.7. The van der Waals surface area contributed by atoms with Gasteiger partial charge in [0.05, 0.1) is 6.04 Å². The maximum absolute atomic E-state index is 12.8. The number of nitrogens with zero attached hydrogens (tertiary/aromatic N) is 1. The smallest absolute Gasteiger partial charge is 0.412 e. The number of hydrogen-bond donors (Lipinski definition) is 1. The van der Waals surface area contributed by atoms with E-state index in [0.717, 1.165) is 0 Å². The molecule has 6 heteroatoms. The van der Waals surface area contributed by atoms with Crippen LogP contribution in [0.5, 0.6) is 0 Å². The molecule has 1 aliphatic heterocycles. The van der Waals surface area contributed by atoms with Crippen molar-refractivity contribution >= 4 is 12.1 Å². The van der Waals surface area contributed by atoms with E-state index in [2.05, 4.69) is 0 Å². The molecule has 1 aliphatic carbocycles. The van der Waals surface area contributed by atoms with Crippen LogP contribution in [0.25, 0.3) is 0 Å². The molecule has 0 radical (unpaired) electrons. The highest BCUT2D eigenvalue weighted by Gasteiger charge is 2.55. The number of ether oxygens (including phenoxy) is 2. The summed E-state index contributed by atoms with van der Waals surface area (Å²) in [5, 5.41) is 9.58. The monoisotopic (exact) mass is 365 g/mol. The molecule has 6 nitrogen and oxygen atoms in total. The van der Waals surface area contributed by atoms with Crippen LogP contribution in [-0.4, -0.2) is 45.5 Å². The van der Waals surface area contributed by atoms with Crippen molar-refractivity contribution in [3.63, 3.8) is 0 Å². The first-order valence-corrected chi connectivity index (χ1v) is 8.97. The highest BCUT2D eigenvalue weighted by Crippen LogP contribution is 2.38. The van der Waals surface area contributed by atoms with Crippen LogP contribution in [0.4, 0.5) is 4.79 Å². The van der Waals surface area contributed by atoms with Crippen LogP contribution in [0.1, 0.15) is 48.5 Å². The standard InChI is InChI=1S/C18H25NO5.C2H6/c1-17(2,3)24-16(22)19-13(12-10-8-6-7-9-11-12)14(15(20)21)23-18(19,4)5;1-2/h6-14H,1-5H3,(H,20,21);1-2H3/t13-,14?;/m0./s1. The number of carbonyl (C=O) groups is 2. The Kier molecular flexibility index (Phi) is 7.21. The molecule has 0 saturated carbocycles. The Bertz CT molecular complexity index is 582. The van der Waals surface area contributed by atoms with Crippen molar-refractivity contribution in [2.75, 3.05) is 0 Å². The van der Waals surface area contributed by atoms with Crippen molar-refractivity contribution < 1.29 is 24.2 Å². The Morgan fingerprint density at radius 1 is 1.08 bits per heavy atom. The van der Waals surface area contributed by atoms with E-state index in [-0.39, 0.29) is 5.92 Å². The molecular formula is C20H31NO5. The van der Waals surface area contributed by atoms with Crippen LogP contribution >= 0.6 is 0 Å². The van der Waals surface area contributed by atoms with Gasteiger partial charge in [0.25, 0.3) is 0 Å². The fourth-order valence-corrected chi connectivity index (χ4v) is 2.96. The number of carbonyl (C=O) groups excluding carboxylic acids is 1. The fourth-order valence-electron chi connectivity index (χ4n) is 2.96. The van der Waals surface area contributed by atoms with Gasteiger partial charge in [0.2, 0.25) is 0 Å². The molecule has 26 heavy (non-hydrogen) atoms. The van der Waals surface area contributed by atoms with E-state index in [1.165, 1.54) is 4.90 Å². The van der Waals surface area contributed by atoms with E-state index in [4.69, 9.17) is 9.47 Å². The molecule has 1 heterocycles. The number of amides is 1. The topological polar surface area (TPSA) is 76.1 Å². The van der Waals surface area contributed by atoms with Gasteiger partial charge in [-0.2, -0.15) is 0 Å². The van der Waals surface area contributed by atoms with Crippen molar-refractivity contribution in [1.29, 1.82) is 0 Å². The van der Waals surface area contributed by atoms with E-state index in [1.807, 2.05) is 50.3 Å². The van der Waals surface area contributed by atoms with E-state index in [0.29, 0.717) is 0 Å². The second-order valence-electron chi connectivity index (χ2n) is 7.40. The van der Waals surface area contributed by atoms with Gasteiger partial charge < -0.3 is 14.6 Å². The zero-order chi connectivity index (χ0) is 20.1. The summed E-state index contributed by atoms with van der Waals surface area (Å²) < 4.78 is 11.2. The second kappa shape index (κ2) is 8.54. The second-order valence-corrected chi connectivity index (χ2v) is 7.40. The largest absolute Gasteiger partial charge is 0.479 e. The summed E-state index contributed by atoms with van der Waals surface area (Å²) >= 11 is 0. The Morgan fingerprint density at radius 2 is 1.58 bits per heavy atom. The van der Waals surface area contributed by atoms with E-state index in [9.17, 15) is 14.7 Å². The quantitative estimate of drug-likeness (QED) is 0.796. The molecule has 1 saturated heterocycles. The summed E-state index contributed by atoms with van der Waals surface area (Å²) in [5.74, 6) is -1.39. The Balaban J connectivity index is 0.00000163. The van der Waals surface area contributed by atoms with Gasteiger partial charge in [0.1, 0.15) is 11.3 Å². The van der Waals surface area contributed by atoms with Crippen LogP contribution in [0, 0.1) is 5.92 Å². The van der Waals surface area contributed by atoms with E-state index in [1.54, 1.807) is 34.6 Å². The number of rotatable bonds is 2. The number of aliphatic carboxylic acids is 1. The lowest BCUT2D eigenvalue weighted by atomic mass is 9.93. The molecule has 2 rings (SSSR count). The van der Waals surface area contributed by atoms with Crippen LogP contribution < -0.4 is 0 Å². The summed E-state index contributed by atoms with van der Waals surface area (Å²) in [4.78, 5) is 25.9. The first kappa shape index (κ1) is 22.0. The first-order valence-electron chi connectivity index (χ1n) is 8.97. The molecule has 1 fully saturated rings. The molecule has 2 aliphatic rings. The van der Waals surface area contributed by atoms with Gasteiger partial charge >= 0.3 is 12.1 Å². The third-order valence-electron chi connectivity index (χ3n) is 3.83. The third kappa shape index (κ3) is 5.21. The molecule has 0 aromatic rings. The molecule has 2 atom stereocenters. The van der Waals surface area contributed by atoms with Gasteiger partial charge in [0.15, 0.2) is 6.10 Å². The van der Waals surface area contributed by atoms with E-state index >= 15 is 0 Å². The highest BCUT2D eigenvalue weighted by molar-refractivity contribution is 5.77. The number of allylic oxidation sites excluding steroid dienone is 4. The van der Waals surface area contributed by atoms with Crippen molar-refractivity contribution in [2.45, 2.75) is 71.9 Å². The number of carboxylic acids is 1. The maximum atomic E-state index is 12.8. The van der Waals surface area contributed by atoms with Crippen LogP contribution in [0.2, 0.25) is 0 Å². The molecular weight excluding hydrogens is 334 g/mol. The molecule has 0 spiro atoms. The number of hydrogen-bond acceptors (Lipinski definition) is 4. The van der Waals surface area contributed by atoms with Crippen molar-refractivity contribution in [2.24, 2.45) is 5.92 Å². The fraction of sp³-hybridized carbons (Fsp3) is 0.600. The van der Waals surface area contributed by atoms with Gasteiger partial charge in [-0.3, -0.25) is 4.90 Å². The Hall–Kier alpha value is -2.08. The Morgan fingerprint density at radius 3 is 2.00 bits per heavy atom. The van der Waals surface area contributed by atoms with Crippen molar-refractivity contribution in [3.05, 3.63) is 36.5 Å². The summed E-state index contributed by atoms with van der Waals surface area (Å²) in [6, 6.07) is -0.695. The van der Waals surface area contributed by atoms with Gasteiger partial charge in [-0.25, -0.2) is 9.59 Å². The SMILES string of the molecule is CC.CC(C)(C)OC(=O)N1[C@@H](C2C=CC=CC=C2)C(C(=O)O)OC1(C)C. The zero-order valence-electron chi connectivity index (χ0n) is 16.7. The van der Waals surface area contributed by atoms with Crippen LogP contribution in [0.3, 0.4) is 0 Å². The van der Waals surface area contributed by atoms with Crippen molar-refractivity contribution in [1.82, 2.24) is 4.90 Å². The Labute approximate surface area is 156 Å². The van der Waals surface area contributed by atoms with Crippen molar-refractivity contribution in [3.8, 4) is 0 Å². The lowest BCUT2D eigenvalue weighted by molar-refractivity contribution is -0.155. The third-order valence-corrected chi connectivity index (χ3v) is 3.83. The molecule has 0 aromatic carbocycles. The summed E-state index contributed by atoms with van der Waals surface area (Å²) in [7, 11) is 0. The van der Waals surface area contributed by atoms with E-state index < -0.39 is 35.5 Å². The average molecular weight is 365 g/mol. The number of carboxylic acid groups (broad SMARTS) is 1. The lowest BCUT2D eigenvalue weighted by Crippen LogP contribution is -2.52. The summed E-state index contributed by atoms with van der Waals surface area (Å²) in [5.41, 5.74) is -1.77. The predicted molar refractivity (Wildman–Crippen MR) is 101 cm³/mol. The van der Waals surface area contributed by atoms with Gasteiger partial charge in [0, 0.05) is 5.92 Å². The average Bonchev–Trinajstić information content (AvgIpc) is 2.67. The van der Waals surface area contributed by atoms with Gasteiger partial charge in [-0.05, 0) is 34.6 Å². The predicted octanol–water partition coefficient (Wildman–Crippen LogP) is 4.14. The molecule has 1 amide bonds. The highest BCUT2D eigenvalue weighted by atomic mass is 16.6. The lowest BCUT2D eigenvalue weighted by Gasteiger charge is -2.36.